The van der Waals surface area contributed by atoms with Crippen molar-refractivity contribution >= 4 is 17.7 Å². The van der Waals surface area contributed by atoms with Gasteiger partial charge in [-0.1, -0.05) is 48.2 Å². The summed E-state index contributed by atoms with van der Waals surface area (Å²) in [4.78, 5) is 14.0. The number of nitrogens with zero attached hydrogens (tertiary/aromatic N) is 4. The summed E-state index contributed by atoms with van der Waals surface area (Å²) in [5, 5.41) is 9.21. The molecule has 0 saturated carbocycles. The van der Waals surface area contributed by atoms with Gasteiger partial charge in [-0.2, -0.15) is 13.2 Å². The minimum absolute atomic E-state index is 0.145. The van der Waals surface area contributed by atoms with Crippen molar-refractivity contribution < 1.29 is 18.0 Å². The number of hydrogen-bond donors (Lipinski definition) is 0. The molecule has 164 valence electrons. The van der Waals surface area contributed by atoms with Gasteiger partial charge in [-0.15, -0.1) is 10.2 Å². The zero-order valence-electron chi connectivity index (χ0n) is 17.5. The molecule has 0 saturated heterocycles. The minimum atomic E-state index is -4.37. The molecule has 1 aromatic heterocycles. The van der Waals surface area contributed by atoms with Crippen molar-refractivity contribution in [3.63, 3.8) is 0 Å². The first-order chi connectivity index (χ1) is 14.7. The predicted octanol–water partition coefficient (Wildman–Crippen LogP) is 5.04. The molecule has 1 amide bonds. The van der Waals surface area contributed by atoms with Crippen LogP contribution in [0.5, 0.6) is 0 Å². The number of carbonyl (C=O) groups excluding carboxylic acids is 1. The Labute approximate surface area is 183 Å². The van der Waals surface area contributed by atoms with Gasteiger partial charge in [-0.25, -0.2) is 0 Å². The van der Waals surface area contributed by atoms with E-state index in [2.05, 4.69) is 10.2 Å². The second-order valence-electron chi connectivity index (χ2n) is 7.10. The molecular weight excluding hydrogens is 425 g/mol. The lowest BCUT2D eigenvalue weighted by Gasteiger charge is -2.17. The summed E-state index contributed by atoms with van der Waals surface area (Å²) >= 11 is 1.30. The molecule has 0 N–H and O–H groups in total. The molecule has 0 fully saturated rings. The van der Waals surface area contributed by atoms with Crippen LogP contribution in [0.2, 0.25) is 0 Å². The molecule has 2 aromatic carbocycles. The number of benzene rings is 2. The van der Waals surface area contributed by atoms with E-state index < -0.39 is 11.7 Å². The Hall–Kier alpha value is -2.81. The van der Waals surface area contributed by atoms with Gasteiger partial charge < -0.3 is 9.47 Å². The molecule has 0 radical (unpaired) electrons. The van der Waals surface area contributed by atoms with Crippen molar-refractivity contribution in [2.24, 2.45) is 0 Å². The highest BCUT2D eigenvalue weighted by Gasteiger charge is 2.30. The standard InChI is InChI=1S/C22H23F3N4OS/c1-4-29-20(18-8-6-5-7-15(18)2)26-27-21(29)31-14-19(30)28(3)13-16-9-11-17(12-10-16)22(23,24)25/h5-12H,4,13-14H2,1-3H3. The molecule has 0 unspecified atom stereocenters. The van der Waals surface area contributed by atoms with Gasteiger partial charge in [-0.3, -0.25) is 4.79 Å². The molecule has 1 heterocycles. The number of aryl methyl sites for hydroxylation is 1. The molecule has 9 heteroatoms. The fourth-order valence-corrected chi connectivity index (χ4v) is 4.04. The predicted molar refractivity (Wildman–Crippen MR) is 115 cm³/mol. The molecule has 0 aliphatic heterocycles. The van der Waals surface area contributed by atoms with Crippen LogP contribution in [-0.4, -0.2) is 38.4 Å². The number of amides is 1. The number of alkyl halides is 3. The Bertz CT molecular complexity index is 1050. The maximum Gasteiger partial charge on any atom is 0.416 e. The van der Waals surface area contributed by atoms with E-state index in [4.69, 9.17) is 0 Å². The lowest BCUT2D eigenvalue weighted by atomic mass is 10.1. The van der Waals surface area contributed by atoms with E-state index >= 15 is 0 Å². The van der Waals surface area contributed by atoms with Gasteiger partial charge >= 0.3 is 6.18 Å². The largest absolute Gasteiger partial charge is 0.416 e. The second kappa shape index (κ2) is 9.55. The highest BCUT2D eigenvalue weighted by molar-refractivity contribution is 7.99. The SMILES string of the molecule is CCn1c(SCC(=O)N(C)Cc2ccc(C(F)(F)F)cc2)nnc1-c1ccccc1C. The van der Waals surface area contributed by atoms with Gasteiger partial charge in [0, 0.05) is 25.7 Å². The van der Waals surface area contributed by atoms with Crippen LogP contribution in [0.15, 0.2) is 53.7 Å². The van der Waals surface area contributed by atoms with E-state index in [0.717, 1.165) is 29.1 Å². The zero-order chi connectivity index (χ0) is 22.6. The maximum absolute atomic E-state index is 12.7. The van der Waals surface area contributed by atoms with E-state index in [-0.39, 0.29) is 18.2 Å². The van der Waals surface area contributed by atoms with Crippen LogP contribution in [0.25, 0.3) is 11.4 Å². The first-order valence-electron chi connectivity index (χ1n) is 9.72. The third-order valence-corrected chi connectivity index (χ3v) is 5.82. The molecule has 31 heavy (non-hydrogen) atoms. The zero-order valence-corrected chi connectivity index (χ0v) is 18.3. The number of rotatable bonds is 7. The van der Waals surface area contributed by atoms with Crippen LogP contribution in [0, 0.1) is 6.92 Å². The highest BCUT2D eigenvalue weighted by atomic mass is 32.2. The molecule has 0 aliphatic carbocycles. The molecule has 0 aliphatic rings. The fourth-order valence-electron chi connectivity index (χ4n) is 3.10. The third-order valence-electron chi connectivity index (χ3n) is 4.87. The normalized spacial score (nSPS) is 11.5. The van der Waals surface area contributed by atoms with Gasteiger partial charge in [-0.05, 0) is 37.1 Å². The van der Waals surface area contributed by atoms with Crippen LogP contribution in [0.3, 0.4) is 0 Å². The van der Waals surface area contributed by atoms with Crippen LogP contribution >= 0.6 is 11.8 Å². The first kappa shape index (κ1) is 22.9. The smallest absolute Gasteiger partial charge is 0.341 e. The van der Waals surface area contributed by atoms with Crippen molar-refractivity contribution in [3.8, 4) is 11.4 Å². The van der Waals surface area contributed by atoms with E-state index in [1.807, 2.05) is 42.7 Å². The van der Waals surface area contributed by atoms with Crippen molar-refractivity contribution in [2.45, 2.75) is 38.3 Å². The number of carbonyl (C=O) groups is 1. The van der Waals surface area contributed by atoms with Crippen molar-refractivity contribution in [3.05, 3.63) is 65.2 Å². The molecular formula is C22H23F3N4OS. The van der Waals surface area contributed by atoms with E-state index in [9.17, 15) is 18.0 Å². The Kier molecular flexibility index (Phi) is 7.04. The molecule has 0 atom stereocenters. The topological polar surface area (TPSA) is 51.0 Å². The summed E-state index contributed by atoms with van der Waals surface area (Å²) < 4.78 is 40.0. The average molecular weight is 449 g/mol. The number of aromatic nitrogens is 3. The van der Waals surface area contributed by atoms with Crippen molar-refractivity contribution in [1.29, 1.82) is 0 Å². The second-order valence-corrected chi connectivity index (χ2v) is 8.04. The van der Waals surface area contributed by atoms with Gasteiger partial charge in [0.2, 0.25) is 5.91 Å². The Morgan fingerprint density at radius 3 is 2.39 bits per heavy atom. The monoisotopic (exact) mass is 448 g/mol. The fraction of sp³-hybridized carbons (Fsp3) is 0.318. The average Bonchev–Trinajstić information content (AvgIpc) is 3.14. The maximum atomic E-state index is 12.7. The van der Waals surface area contributed by atoms with Crippen LogP contribution in [-0.2, 0) is 24.1 Å². The molecule has 5 nitrogen and oxygen atoms in total. The van der Waals surface area contributed by atoms with E-state index in [1.54, 1.807) is 7.05 Å². The summed E-state index contributed by atoms with van der Waals surface area (Å²) in [6.07, 6.45) is -4.37. The molecule has 3 rings (SSSR count). The van der Waals surface area contributed by atoms with Crippen LogP contribution < -0.4 is 0 Å². The Balaban J connectivity index is 1.63. The Morgan fingerprint density at radius 2 is 1.77 bits per heavy atom. The lowest BCUT2D eigenvalue weighted by molar-refractivity contribution is -0.137. The lowest BCUT2D eigenvalue weighted by Crippen LogP contribution is -2.28. The quantitative estimate of drug-likeness (QED) is 0.475. The highest BCUT2D eigenvalue weighted by Crippen LogP contribution is 2.29. The first-order valence-corrected chi connectivity index (χ1v) is 10.7. The Morgan fingerprint density at radius 1 is 1.10 bits per heavy atom. The van der Waals surface area contributed by atoms with E-state index in [0.29, 0.717) is 17.3 Å². The third kappa shape index (κ3) is 5.46. The molecule has 0 spiro atoms. The summed E-state index contributed by atoms with van der Waals surface area (Å²) in [5.41, 5.74) is 2.01. The number of halogens is 3. The minimum Gasteiger partial charge on any atom is -0.341 e. The molecule has 3 aromatic rings. The van der Waals surface area contributed by atoms with E-state index in [1.165, 1.54) is 28.8 Å². The van der Waals surface area contributed by atoms with Gasteiger partial charge in [0.15, 0.2) is 11.0 Å². The van der Waals surface area contributed by atoms with Gasteiger partial charge in [0.05, 0.1) is 11.3 Å². The van der Waals surface area contributed by atoms with Gasteiger partial charge in [0.1, 0.15) is 0 Å². The van der Waals surface area contributed by atoms with Crippen LogP contribution in [0.1, 0.15) is 23.6 Å². The van der Waals surface area contributed by atoms with Crippen molar-refractivity contribution in [1.82, 2.24) is 19.7 Å². The summed E-state index contributed by atoms with van der Waals surface area (Å²) in [5.74, 6) is 0.768. The number of thioether (sulfide) groups is 1. The summed E-state index contributed by atoms with van der Waals surface area (Å²) in [7, 11) is 1.63. The van der Waals surface area contributed by atoms with Gasteiger partial charge in [0.25, 0.3) is 0 Å². The summed E-state index contributed by atoms with van der Waals surface area (Å²) in [6, 6.07) is 12.7. The van der Waals surface area contributed by atoms with Crippen molar-refractivity contribution in [2.75, 3.05) is 12.8 Å². The summed E-state index contributed by atoms with van der Waals surface area (Å²) in [6.45, 7) is 4.89. The molecule has 0 bridgehead atoms. The number of hydrogen-bond acceptors (Lipinski definition) is 4. The van der Waals surface area contributed by atoms with Crippen LogP contribution in [0.4, 0.5) is 13.2 Å².